The van der Waals surface area contributed by atoms with Crippen LogP contribution in [0.5, 0.6) is 0 Å². The van der Waals surface area contributed by atoms with Crippen LogP contribution in [0.4, 0.5) is 5.69 Å². The lowest BCUT2D eigenvalue weighted by Crippen LogP contribution is -2.16. The average Bonchev–Trinajstić information content (AvgIpc) is 2.15. The molecule has 0 spiro atoms. The van der Waals surface area contributed by atoms with Gasteiger partial charge in [0.15, 0.2) is 0 Å². The molecule has 7 nitrogen and oxygen atoms in total. The molecule has 0 fully saturated rings. The maximum absolute atomic E-state index is 10.9. The van der Waals surface area contributed by atoms with Crippen LogP contribution in [0.15, 0.2) is 23.1 Å². The molecule has 0 aliphatic rings. The summed E-state index contributed by atoms with van der Waals surface area (Å²) < 4.78 is 60.1. The van der Waals surface area contributed by atoms with E-state index in [9.17, 15) is 16.8 Å². The third-order valence-corrected chi connectivity index (χ3v) is 3.37. The summed E-state index contributed by atoms with van der Waals surface area (Å²) in [4.78, 5) is -0.407. The summed E-state index contributed by atoms with van der Waals surface area (Å²) in [7, 11) is -8.54. The largest absolute Gasteiger partial charge is 0.382 e. The molecule has 0 unspecified atom stereocenters. The second kappa shape index (κ2) is 5.00. The molecule has 1 radical (unpaired) electrons. The summed E-state index contributed by atoms with van der Waals surface area (Å²) in [6.45, 7) is -0.206. The highest BCUT2D eigenvalue weighted by atomic mass is 32.2. The number of benzene rings is 1. The lowest BCUT2D eigenvalue weighted by Gasteiger charge is -2.08. The Kier molecular flexibility index (Phi) is 4.09. The molecule has 0 saturated heterocycles. The smallest absolute Gasteiger partial charge is 0.296 e. The molecular weight excluding hydrogens is 270 g/mol. The van der Waals surface area contributed by atoms with Gasteiger partial charge in [0.1, 0.15) is 4.90 Å². The van der Waals surface area contributed by atoms with Gasteiger partial charge in [-0.25, -0.2) is 0 Å². The summed E-state index contributed by atoms with van der Waals surface area (Å²) in [5, 5.41) is 2.44. The van der Waals surface area contributed by atoms with E-state index < -0.39 is 30.9 Å². The zero-order valence-corrected chi connectivity index (χ0v) is 10.1. The highest BCUT2D eigenvalue weighted by Gasteiger charge is 2.15. The Morgan fingerprint density at radius 1 is 1.24 bits per heavy atom. The van der Waals surface area contributed by atoms with Crippen LogP contribution < -0.4 is 5.32 Å². The van der Waals surface area contributed by atoms with E-state index in [1.165, 1.54) is 12.1 Å². The molecule has 1 aromatic carbocycles. The number of anilines is 1. The normalized spacial score (nSPS) is 12.4. The van der Waals surface area contributed by atoms with Crippen LogP contribution in [0.25, 0.3) is 0 Å². The summed E-state index contributed by atoms with van der Waals surface area (Å²) in [5.41, 5.74) is -0.0568. The van der Waals surface area contributed by atoms with E-state index in [2.05, 4.69) is 11.4 Å². The molecular formula is C8H10NO6S2. The van der Waals surface area contributed by atoms with E-state index in [-0.39, 0.29) is 12.2 Å². The minimum Gasteiger partial charge on any atom is -0.382 e. The van der Waals surface area contributed by atoms with Gasteiger partial charge in [-0.15, -0.1) is 0 Å². The Hall–Kier alpha value is -1.16. The lowest BCUT2D eigenvalue weighted by molar-refractivity contribution is 0.482. The Bertz CT molecular complexity index is 592. The first-order chi connectivity index (χ1) is 7.70. The second-order valence-electron chi connectivity index (χ2n) is 3.10. The number of hydrogen-bond donors (Lipinski definition) is 3. The van der Waals surface area contributed by atoms with Gasteiger partial charge < -0.3 is 5.32 Å². The van der Waals surface area contributed by atoms with E-state index >= 15 is 0 Å². The summed E-state index contributed by atoms with van der Waals surface area (Å²) in [5.74, 6) is -0.583. The van der Waals surface area contributed by atoms with Gasteiger partial charge in [0.05, 0.1) is 11.4 Å². The zero-order chi connectivity index (χ0) is 13.1. The van der Waals surface area contributed by atoms with Gasteiger partial charge in [-0.2, -0.15) is 16.8 Å². The van der Waals surface area contributed by atoms with Crippen molar-refractivity contribution >= 4 is 25.9 Å². The topological polar surface area (TPSA) is 121 Å². The number of nitrogens with one attached hydrogen (secondary N) is 1. The lowest BCUT2D eigenvalue weighted by atomic mass is 10.3. The Balaban J connectivity index is 2.86. The molecule has 0 aliphatic heterocycles. The molecule has 0 atom stereocenters. The number of rotatable bonds is 5. The van der Waals surface area contributed by atoms with E-state index in [4.69, 9.17) is 9.11 Å². The molecule has 0 aliphatic carbocycles. The van der Waals surface area contributed by atoms with E-state index in [1.54, 1.807) is 0 Å². The van der Waals surface area contributed by atoms with Crippen molar-refractivity contribution in [3.63, 3.8) is 0 Å². The fraction of sp³-hybridized carbons (Fsp3) is 0.250. The maximum Gasteiger partial charge on any atom is 0.296 e. The summed E-state index contributed by atoms with van der Waals surface area (Å²) in [6.07, 6.45) is 0. The quantitative estimate of drug-likeness (QED) is 0.651. The fourth-order valence-electron chi connectivity index (χ4n) is 1.08. The van der Waals surface area contributed by atoms with Gasteiger partial charge in [-0.3, -0.25) is 9.11 Å². The van der Waals surface area contributed by atoms with Crippen LogP contribution in [0.3, 0.4) is 0 Å². The molecule has 0 heterocycles. The maximum atomic E-state index is 10.9. The monoisotopic (exact) mass is 280 g/mol. The Morgan fingerprint density at radius 2 is 1.88 bits per heavy atom. The SMILES string of the molecule is O=S(=O)(O)CCNc1[c]cccc1S(=O)(=O)O. The molecule has 0 amide bonds. The van der Waals surface area contributed by atoms with Crippen molar-refractivity contribution in [2.45, 2.75) is 4.90 Å². The molecule has 0 saturated carbocycles. The highest BCUT2D eigenvalue weighted by Crippen LogP contribution is 2.19. The zero-order valence-electron chi connectivity index (χ0n) is 8.49. The number of para-hydroxylation sites is 1. The minimum atomic E-state index is -4.41. The van der Waals surface area contributed by atoms with Crippen molar-refractivity contribution < 1.29 is 25.9 Å². The van der Waals surface area contributed by atoms with Crippen LogP contribution in [0.2, 0.25) is 0 Å². The van der Waals surface area contributed by atoms with Crippen molar-refractivity contribution in [1.82, 2.24) is 0 Å². The summed E-state index contributed by atoms with van der Waals surface area (Å²) in [6, 6.07) is 6.40. The Morgan fingerprint density at radius 3 is 2.41 bits per heavy atom. The van der Waals surface area contributed by atoms with Crippen LogP contribution in [-0.4, -0.2) is 38.2 Å². The standard InChI is InChI=1S/C8H10NO6S2/c10-16(11,12)6-5-9-7-3-1-2-4-8(7)17(13,14)15/h1-2,4,9H,5-6H2,(H,10,11,12)(H,13,14,15). The molecule has 0 aromatic heterocycles. The van der Waals surface area contributed by atoms with Crippen LogP contribution >= 0.6 is 0 Å². The third kappa shape index (κ3) is 4.69. The van der Waals surface area contributed by atoms with Gasteiger partial charge in [-0.05, 0) is 6.07 Å². The van der Waals surface area contributed by atoms with Gasteiger partial charge in [-0.1, -0.05) is 12.1 Å². The molecule has 9 heteroatoms. The first kappa shape index (κ1) is 13.9. The molecule has 1 aromatic rings. The van der Waals surface area contributed by atoms with Gasteiger partial charge >= 0.3 is 0 Å². The van der Waals surface area contributed by atoms with Crippen LogP contribution in [0.1, 0.15) is 0 Å². The van der Waals surface area contributed by atoms with Crippen molar-refractivity contribution in [1.29, 1.82) is 0 Å². The van der Waals surface area contributed by atoms with Crippen molar-refractivity contribution in [2.24, 2.45) is 0 Å². The van der Waals surface area contributed by atoms with E-state index in [1.807, 2.05) is 0 Å². The van der Waals surface area contributed by atoms with Crippen molar-refractivity contribution in [3.05, 3.63) is 24.3 Å². The van der Waals surface area contributed by atoms with E-state index in [0.29, 0.717) is 0 Å². The van der Waals surface area contributed by atoms with Crippen LogP contribution in [-0.2, 0) is 20.2 Å². The second-order valence-corrected chi connectivity index (χ2v) is 6.06. The predicted molar refractivity (Wildman–Crippen MR) is 60.0 cm³/mol. The first-order valence-electron chi connectivity index (χ1n) is 4.37. The van der Waals surface area contributed by atoms with E-state index in [0.717, 1.165) is 6.07 Å². The third-order valence-electron chi connectivity index (χ3n) is 1.76. The minimum absolute atomic E-state index is 0.0568. The van der Waals surface area contributed by atoms with Crippen LogP contribution in [0, 0.1) is 6.07 Å². The van der Waals surface area contributed by atoms with Gasteiger partial charge in [0.25, 0.3) is 20.2 Å². The van der Waals surface area contributed by atoms with Gasteiger partial charge in [0, 0.05) is 12.6 Å². The predicted octanol–water partition coefficient (Wildman–Crippen LogP) is 0.0332. The number of hydrogen-bond acceptors (Lipinski definition) is 5. The molecule has 95 valence electrons. The summed E-state index contributed by atoms with van der Waals surface area (Å²) >= 11 is 0. The molecule has 17 heavy (non-hydrogen) atoms. The highest BCUT2D eigenvalue weighted by molar-refractivity contribution is 7.86. The van der Waals surface area contributed by atoms with Crippen molar-refractivity contribution in [2.75, 3.05) is 17.6 Å². The van der Waals surface area contributed by atoms with Crippen molar-refractivity contribution in [3.8, 4) is 0 Å². The first-order valence-corrected chi connectivity index (χ1v) is 7.42. The molecule has 0 bridgehead atoms. The molecule has 3 N–H and O–H groups in total. The fourth-order valence-corrected chi connectivity index (χ4v) is 2.08. The van der Waals surface area contributed by atoms with Gasteiger partial charge in [0.2, 0.25) is 0 Å². The Labute approximate surface area is 99.0 Å². The average molecular weight is 280 g/mol. The molecule has 1 rings (SSSR count).